The van der Waals surface area contributed by atoms with Gasteiger partial charge in [-0.3, -0.25) is 4.79 Å². The molecule has 3 nitrogen and oxygen atoms in total. The van der Waals surface area contributed by atoms with Crippen molar-refractivity contribution in [1.29, 1.82) is 0 Å². The quantitative estimate of drug-likeness (QED) is 0.890. The Morgan fingerprint density at radius 1 is 1.50 bits per heavy atom. The lowest BCUT2D eigenvalue weighted by Gasteiger charge is -2.36. The van der Waals surface area contributed by atoms with Crippen molar-refractivity contribution in [3.8, 4) is 0 Å². The van der Waals surface area contributed by atoms with Crippen LogP contribution in [0.2, 0.25) is 0 Å². The fourth-order valence-electron chi connectivity index (χ4n) is 2.30. The Bertz CT molecular complexity index is 473. The Hall–Kier alpha value is -1.00. The third-order valence-electron chi connectivity index (χ3n) is 3.42. The number of hydrogen-bond donors (Lipinski definition) is 1. The highest BCUT2D eigenvalue weighted by molar-refractivity contribution is 7.99. The third-order valence-corrected chi connectivity index (χ3v) is 4.71. The molecule has 18 heavy (non-hydrogen) atoms. The molecule has 0 spiro atoms. The van der Waals surface area contributed by atoms with Crippen molar-refractivity contribution in [3.05, 3.63) is 23.3 Å². The molecule has 1 amide bonds. The lowest BCUT2D eigenvalue weighted by molar-refractivity contribution is -0.118. The number of amides is 1. The van der Waals surface area contributed by atoms with E-state index in [9.17, 15) is 4.79 Å². The van der Waals surface area contributed by atoms with Crippen molar-refractivity contribution in [2.75, 3.05) is 24.2 Å². The number of likely N-dealkylation sites (N-methyl/N-ethyl adjacent to an activating group) is 1. The van der Waals surface area contributed by atoms with Crippen LogP contribution >= 0.6 is 11.8 Å². The molecule has 0 fully saturated rings. The highest BCUT2D eigenvalue weighted by atomic mass is 32.2. The molecule has 4 heteroatoms. The topological polar surface area (TPSA) is 32.3 Å². The first-order valence-corrected chi connectivity index (χ1v) is 7.24. The second-order valence-electron chi connectivity index (χ2n) is 4.81. The molecular formula is C14H20N2OS. The van der Waals surface area contributed by atoms with Gasteiger partial charge in [-0.2, -0.15) is 0 Å². The van der Waals surface area contributed by atoms with Crippen LogP contribution in [-0.4, -0.2) is 31.3 Å². The summed E-state index contributed by atoms with van der Waals surface area (Å²) in [5.41, 5.74) is 3.57. The maximum Gasteiger partial charge on any atom is 0.241 e. The molecule has 0 bridgehead atoms. The van der Waals surface area contributed by atoms with Gasteiger partial charge in [-0.15, -0.1) is 11.8 Å². The largest absolute Gasteiger partial charge is 0.311 e. The number of nitrogens with zero attached hydrogens (tertiary/aromatic N) is 1. The summed E-state index contributed by atoms with van der Waals surface area (Å²) in [6.07, 6.45) is 0. The van der Waals surface area contributed by atoms with Crippen molar-refractivity contribution < 1.29 is 4.79 Å². The normalized spacial score (nSPS) is 18.7. The summed E-state index contributed by atoms with van der Waals surface area (Å²) < 4.78 is 0. The van der Waals surface area contributed by atoms with E-state index in [1.165, 1.54) is 16.0 Å². The first-order valence-electron chi connectivity index (χ1n) is 6.26. The Morgan fingerprint density at radius 3 is 2.89 bits per heavy atom. The lowest BCUT2D eigenvalue weighted by Crippen LogP contribution is -2.46. The van der Waals surface area contributed by atoms with E-state index in [2.05, 4.69) is 38.2 Å². The van der Waals surface area contributed by atoms with Gasteiger partial charge in [-0.1, -0.05) is 6.07 Å². The predicted octanol–water partition coefficient (Wildman–Crippen LogP) is 2.35. The van der Waals surface area contributed by atoms with Gasteiger partial charge in [0, 0.05) is 16.7 Å². The van der Waals surface area contributed by atoms with Gasteiger partial charge in [0.2, 0.25) is 5.91 Å². The number of carbonyl (C=O) groups is 1. The lowest BCUT2D eigenvalue weighted by atomic mass is 10.1. The average Bonchev–Trinajstić information content (AvgIpc) is 2.34. The summed E-state index contributed by atoms with van der Waals surface area (Å²) in [5.74, 6) is 1.12. The molecule has 1 heterocycles. The molecular weight excluding hydrogens is 244 g/mol. The van der Waals surface area contributed by atoms with Crippen LogP contribution in [-0.2, 0) is 4.79 Å². The number of benzene rings is 1. The minimum absolute atomic E-state index is 0.153. The minimum atomic E-state index is 0.153. The molecule has 0 aromatic heterocycles. The van der Waals surface area contributed by atoms with Crippen molar-refractivity contribution in [2.24, 2.45) is 0 Å². The number of carbonyl (C=O) groups excluding carboxylic acids is 1. The summed E-state index contributed by atoms with van der Waals surface area (Å²) in [6, 6.07) is 4.52. The molecule has 1 aliphatic rings. The summed E-state index contributed by atoms with van der Waals surface area (Å²) in [4.78, 5) is 15.5. The molecule has 1 N–H and O–H groups in total. The van der Waals surface area contributed by atoms with Gasteiger partial charge < -0.3 is 10.2 Å². The fraction of sp³-hybridized carbons (Fsp3) is 0.500. The molecule has 1 atom stereocenters. The molecule has 0 saturated heterocycles. The predicted molar refractivity (Wildman–Crippen MR) is 77.5 cm³/mol. The van der Waals surface area contributed by atoms with E-state index in [1.807, 2.05) is 23.7 Å². The van der Waals surface area contributed by atoms with Crippen molar-refractivity contribution in [1.82, 2.24) is 5.32 Å². The molecule has 1 aromatic carbocycles. The first-order chi connectivity index (χ1) is 8.56. The second kappa shape index (κ2) is 5.33. The number of anilines is 1. The van der Waals surface area contributed by atoms with Crippen molar-refractivity contribution in [2.45, 2.75) is 31.7 Å². The number of rotatable bonds is 2. The number of aryl methyl sites for hydroxylation is 1. The summed E-state index contributed by atoms with van der Waals surface area (Å²) in [6.45, 7) is 6.71. The van der Waals surface area contributed by atoms with Crippen LogP contribution in [0, 0.1) is 13.8 Å². The minimum Gasteiger partial charge on any atom is -0.311 e. The Morgan fingerprint density at radius 2 is 2.22 bits per heavy atom. The van der Waals surface area contributed by atoms with E-state index in [0.29, 0.717) is 6.54 Å². The van der Waals surface area contributed by atoms with Gasteiger partial charge in [-0.25, -0.2) is 0 Å². The highest BCUT2D eigenvalue weighted by Gasteiger charge is 2.29. The van der Waals surface area contributed by atoms with Gasteiger partial charge in [0.15, 0.2) is 0 Å². The SMILES string of the molecule is CNCC(=O)N1c2c(ccc(C)c2C)SCC1C. The van der Waals surface area contributed by atoms with Gasteiger partial charge in [0.05, 0.1) is 12.2 Å². The standard InChI is InChI=1S/C14H20N2OS/c1-9-5-6-12-14(11(9)3)16(10(2)8-18-12)13(17)7-15-4/h5-6,10,15H,7-8H2,1-4H3. The van der Waals surface area contributed by atoms with Crippen molar-refractivity contribution in [3.63, 3.8) is 0 Å². The van der Waals surface area contributed by atoms with E-state index in [4.69, 9.17) is 0 Å². The summed E-state index contributed by atoms with van der Waals surface area (Å²) in [5, 5.41) is 2.95. The van der Waals surface area contributed by atoms with Crippen LogP contribution in [0.15, 0.2) is 17.0 Å². The second-order valence-corrected chi connectivity index (χ2v) is 5.87. The van der Waals surface area contributed by atoms with Crippen LogP contribution in [0.4, 0.5) is 5.69 Å². The average molecular weight is 264 g/mol. The Balaban J connectivity index is 2.49. The van der Waals surface area contributed by atoms with Crippen LogP contribution in [0.3, 0.4) is 0 Å². The van der Waals surface area contributed by atoms with Gasteiger partial charge in [0.1, 0.15) is 0 Å². The van der Waals surface area contributed by atoms with E-state index in [1.54, 1.807) is 0 Å². The molecule has 1 aromatic rings. The molecule has 0 saturated carbocycles. The number of nitrogens with one attached hydrogen (secondary N) is 1. The molecule has 98 valence electrons. The number of fused-ring (bicyclic) bond motifs is 1. The molecule has 2 rings (SSSR count). The van der Waals surface area contributed by atoms with E-state index >= 15 is 0 Å². The smallest absolute Gasteiger partial charge is 0.241 e. The highest BCUT2D eigenvalue weighted by Crippen LogP contribution is 2.40. The fourth-order valence-corrected chi connectivity index (χ4v) is 3.43. The molecule has 0 aliphatic carbocycles. The van der Waals surface area contributed by atoms with Gasteiger partial charge in [0.25, 0.3) is 0 Å². The third kappa shape index (κ3) is 2.27. The zero-order valence-corrected chi connectivity index (χ0v) is 12.2. The summed E-state index contributed by atoms with van der Waals surface area (Å²) in [7, 11) is 1.81. The number of hydrogen-bond acceptors (Lipinski definition) is 3. The van der Waals surface area contributed by atoms with E-state index in [-0.39, 0.29) is 11.9 Å². The monoisotopic (exact) mass is 264 g/mol. The molecule has 1 aliphatic heterocycles. The Labute approximate surface area is 113 Å². The summed E-state index contributed by atoms with van der Waals surface area (Å²) >= 11 is 1.84. The van der Waals surface area contributed by atoms with E-state index < -0.39 is 0 Å². The molecule has 0 radical (unpaired) electrons. The maximum atomic E-state index is 12.3. The maximum absolute atomic E-state index is 12.3. The van der Waals surface area contributed by atoms with Gasteiger partial charge >= 0.3 is 0 Å². The van der Waals surface area contributed by atoms with Crippen molar-refractivity contribution >= 4 is 23.4 Å². The first kappa shape index (κ1) is 13.4. The van der Waals surface area contributed by atoms with Crippen LogP contribution < -0.4 is 10.2 Å². The van der Waals surface area contributed by atoms with Crippen LogP contribution in [0.1, 0.15) is 18.1 Å². The van der Waals surface area contributed by atoms with E-state index in [0.717, 1.165) is 11.4 Å². The van der Waals surface area contributed by atoms with Crippen LogP contribution in [0.25, 0.3) is 0 Å². The van der Waals surface area contributed by atoms with Crippen LogP contribution in [0.5, 0.6) is 0 Å². The number of thioether (sulfide) groups is 1. The van der Waals surface area contributed by atoms with Gasteiger partial charge in [-0.05, 0) is 45.0 Å². The zero-order chi connectivity index (χ0) is 13.3. The Kier molecular flexibility index (Phi) is 3.97. The molecule has 1 unspecified atom stereocenters. The zero-order valence-electron chi connectivity index (χ0n) is 11.4.